The van der Waals surface area contributed by atoms with E-state index in [0.717, 1.165) is 29.6 Å². The first kappa shape index (κ1) is 11.8. The molecule has 0 radical (unpaired) electrons. The van der Waals surface area contributed by atoms with E-state index in [9.17, 15) is 0 Å². The van der Waals surface area contributed by atoms with Crippen molar-refractivity contribution in [2.45, 2.75) is 61.3 Å². The average molecular weight is 246 g/mol. The van der Waals surface area contributed by atoms with Gasteiger partial charge in [-0.1, -0.05) is 48.5 Å². The lowest BCUT2D eigenvalue weighted by Crippen LogP contribution is -2.83. The van der Waals surface area contributed by atoms with Gasteiger partial charge in [0.2, 0.25) is 0 Å². The molecule has 0 heterocycles. The van der Waals surface area contributed by atoms with Crippen LogP contribution >= 0.6 is 0 Å². The maximum Gasteiger partial charge on any atom is -0.0153 e. The highest BCUT2D eigenvalue weighted by Crippen LogP contribution is 2.95. The lowest BCUT2D eigenvalue weighted by atomic mass is 9.16. The molecule has 0 aromatic rings. The Morgan fingerprint density at radius 2 is 1.44 bits per heavy atom. The molecule has 102 valence electrons. The smallest absolute Gasteiger partial charge is 0.0153 e. The molecule has 0 aromatic heterocycles. The van der Waals surface area contributed by atoms with E-state index in [1.807, 2.05) is 0 Å². The Balaban J connectivity index is 1.97. The fraction of sp³-hybridized carbons (Fsp3) is 1.00. The monoisotopic (exact) mass is 246 g/mol. The predicted octanol–water partition coefficient (Wildman–Crippen LogP) is 4.99. The summed E-state index contributed by atoms with van der Waals surface area (Å²) in [4.78, 5) is 0. The van der Waals surface area contributed by atoms with Crippen molar-refractivity contribution < 1.29 is 0 Å². The maximum absolute atomic E-state index is 2.67. The number of hydrogen-bond acceptors (Lipinski definition) is 0. The third kappa shape index (κ3) is 0.676. The zero-order valence-corrected chi connectivity index (χ0v) is 13.3. The van der Waals surface area contributed by atoms with Crippen LogP contribution < -0.4 is 0 Å². The van der Waals surface area contributed by atoms with Gasteiger partial charge in [-0.05, 0) is 64.1 Å². The van der Waals surface area contributed by atoms with Crippen LogP contribution in [0.4, 0.5) is 0 Å². The van der Waals surface area contributed by atoms with Crippen LogP contribution in [-0.4, -0.2) is 0 Å². The first-order valence-corrected chi connectivity index (χ1v) is 8.16. The van der Waals surface area contributed by atoms with E-state index in [2.05, 4.69) is 48.5 Å². The third-order valence-electron chi connectivity index (χ3n) is 10.2. The number of hydrogen-bond donors (Lipinski definition) is 0. The van der Waals surface area contributed by atoms with E-state index < -0.39 is 0 Å². The van der Waals surface area contributed by atoms with Gasteiger partial charge in [0.25, 0.3) is 0 Å². The van der Waals surface area contributed by atoms with Crippen molar-refractivity contribution in [2.24, 2.45) is 51.2 Å². The second-order valence-corrected chi connectivity index (χ2v) is 9.31. The molecule has 4 fully saturated rings. The molecule has 9 atom stereocenters. The molecule has 4 aliphatic rings. The van der Waals surface area contributed by atoms with Crippen LogP contribution in [0.2, 0.25) is 0 Å². The Bertz CT molecular complexity index is 437. The lowest BCUT2D eigenvalue weighted by Gasteiger charge is -2.88. The van der Waals surface area contributed by atoms with Gasteiger partial charge in [-0.25, -0.2) is 0 Å². The Morgan fingerprint density at radius 1 is 0.833 bits per heavy atom. The standard InChI is InChI=1S/C18H30/c1-10-11(2)15(4)9-16(5)14-8-13(10)12(3)17(14,6)18(15,16)7/h10-14H,8-9H2,1-7H3. The Kier molecular flexibility index (Phi) is 1.70. The van der Waals surface area contributed by atoms with E-state index in [4.69, 9.17) is 0 Å². The van der Waals surface area contributed by atoms with Gasteiger partial charge in [-0.15, -0.1) is 0 Å². The van der Waals surface area contributed by atoms with Gasteiger partial charge in [0, 0.05) is 0 Å². The fourth-order valence-electron chi connectivity index (χ4n) is 8.73. The summed E-state index contributed by atoms with van der Waals surface area (Å²) in [5.41, 5.74) is 2.53. The van der Waals surface area contributed by atoms with Crippen LogP contribution in [-0.2, 0) is 0 Å². The summed E-state index contributed by atoms with van der Waals surface area (Å²) < 4.78 is 0. The lowest BCUT2D eigenvalue weighted by molar-refractivity contribution is -0.406. The van der Waals surface area contributed by atoms with Gasteiger partial charge in [-0.3, -0.25) is 0 Å². The van der Waals surface area contributed by atoms with Crippen LogP contribution in [0.15, 0.2) is 0 Å². The van der Waals surface area contributed by atoms with Crippen molar-refractivity contribution in [3.63, 3.8) is 0 Å². The molecule has 2 bridgehead atoms. The van der Waals surface area contributed by atoms with Crippen molar-refractivity contribution >= 4 is 0 Å². The van der Waals surface area contributed by atoms with Gasteiger partial charge in [-0.2, -0.15) is 0 Å². The van der Waals surface area contributed by atoms with E-state index in [1.54, 1.807) is 0 Å². The van der Waals surface area contributed by atoms with Crippen molar-refractivity contribution in [1.29, 1.82) is 0 Å². The largest absolute Gasteiger partial charge is 0.0620 e. The minimum atomic E-state index is 0.607. The van der Waals surface area contributed by atoms with Gasteiger partial charge in [0.1, 0.15) is 0 Å². The van der Waals surface area contributed by atoms with Gasteiger partial charge >= 0.3 is 0 Å². The molecule has 0 aliphatic heterocycles. The highest BCUT2D eigenvalue weighted by atomic mass is 14.9. The molecule has 0 amide bonds. The minimum Gasteiger partial charge on any atom is -0.0620 e. The van der Waals surface area contributed by atoms with E-state index in [-0.39, 0.29) is 0 Å². The molecule has 4 rings (SSSR count). The first-order chi connectivity index (χ1) is 8.16. The predicted molar refractivity (Wildman–Crippen MR) is 76.1 cm³/mol. The highest BCUT2D eigenvalue weighted by Gasteiger charge is 2.90. The number of rotatable bonds is 0. The van der Waals surface area contributed by atoms with Gasteiger partial charge in [0.05, 0.1) is 0 Å². The molecule has 0 saturated heterocycles. The maximum atomic E-state index is 2.67. The Labute approximate surface area is 113 Å². The van der Waals surface area contributed by atoms with Crippen LogP contribution in [0.5, 0.6) is 0 Å². The highest BCUT2D eigenvalue weighted by molar-refractivity contribution is 5.37. The Hall–Kier alpha value is 0. The fourth-order valence-corrected chi connectivity index (χ4v) is 8.73. The van der Waals surface area contributed by atoms with Crippen molar-refractivity contribution in [3.8, 4) is 0 Å². The van der Waals surface area contributed by atoms with Crippen molar-refractivity contribution in [3.05, 3.63) is 0 Å². The summed E-state index contributed by atoms with van der Waals surface area (Å²) in [7, 11) is 0. The third-order valence-corrected chi connectivity index (χ3v) is 10.2. The first-order valence-electron chi connectivity index (χ1n) is 8.16. The SMILES string of the molecule is CC1C2CC3C4(C)CC(C)(C1C)C4(C)C3(C)C2C. The van der Waals surface area contributed by atoms with Crippen LogP contribution in [0.25, 0.3) is 0 Å². The van der Waals surface area contributed by atoms with E-state index in [1.165, 1.54) is 12.8 Å². The van der Waals surface area contributed by atoms with Gasteiger partial charge in [0.15, 0.2) is 0 Å². The Morgan fingerprint density at radius 3 is 2.06 bits per heavy atom. The van der Waals surface area contributed by atoms with E-state index >= 15 is 0 Å². The van der Waals surface area contributed by atoms with E-state index in [0.29, 0.717) is 21.7 Å². The van der Waals surface area contributed by atoms with Gasteiger partial charge < -0.3 is 0 Å². The molecule has 4 aliphatic carbocycles. The van der Waals surface area contributed by atoms with Crippen LogP contribution in [0.3, 0.4) is 0 Å². The second-order valence-electron chi connectivity index (χ2n) is 9.31. The summed E-state index contributed by atoms with van der Waals surface area (Å²) >= 11 is 0. The van der Waals surface area contributed by atoms with Crippen molar-refractivity contribution in [2.75, 3.05) is 0 Å². The van der Waals surface area contributed by atoms with Crippen LogP contribution in [0, 0.1) is 51.2 Å². The number of fused-ring (bicyclic) bond motifs is 2. The van der Waals surface area contributed by atoms with Crippen molar-refractivity contribution in [1.82, 2.24) is 0 Å². The zero-order valence-electron chi connectivity index (χ0n) is 13.3. The molecule has 0 heteroatoms. The topological polar surface area (TPSA) is 0 Å². The summed E-state index contributed by atoms with van der Waals surface area (Å²) in [6, 6.07) is 0. The summed E-state index contributed by atoms with van der Waals surface area (Å²) in [6.45, 7) is 18.3. The molecule has 0 N–H and O–H groups in total. The minimum absolute atomic E-state index is 0.607. The molecular weight excluding hydrogens is 216 g/mol. The molecule has 0 nitrogen and oxygen atoms in total. The summed E-state index contributed by atoms with van der Waals surface area (Å²) in [5.74, 6) is 4.81. The van der Waals surface area contributed by atoms with Crippen LogP contribution in [0.1, 0.15) is 61.3 Å². The second kappa shape index (κ2) is 2.59. The molecule has 4 saturated carbocycles. The average Bonchev–Trinajstić information content (AvgIpc) is 2.58. The summed E-state index contributed by atoms with van der Waals surface area (Å²) in [6.07, 6.45) is 3.03. The molecular formula is C18H30. The molecule has 9 unspecified atom stereocenters. The summed E-state index contributed by atoms with van der Waals surface area (Å²) in [5, 5.41) is 0. The zero-order chi connectivity index (χ0) is 13.3. The molecule has 0 aromatic carbocycles. The molecule has 0 spiro atoms. The normalized spacial score (nSPS) is 76.5. The molecule has 18 heavy (non-hydrogen) atoms. The quantitative estimate of drug-likeness (QED) is 0.565.